The minimum atomic E-state index is -0.561. The molecule has 0 saturated heterocycles. The first-order valence-electron chi connectivity index (χ1n) is 8.81. The van der Waals surface area contributed by atoms with Crippen molar-refractivity contribution in [3.8, 4) is 0 Å². The maximum atomic E-state index is 10.8. The van der Waals surface area contributed by atoms with E-state index in [1.807, 2.05) is 24.3 Å². The normalized spacial score (nSPS) is 11.9. The molecule has 0 aliphatic heterocycles. The Balaban J connectivity index is 1.93. The van der Waals surface area contributed by atoms with Gasteiger partial charge in [-0.3, -0.25) is 10.1 Å². The van der Waals surface area contributed by atoms with E-state index in [1.54, 1.807) is 0 Å². The fourth-order valence-corrected chi connectivity index (χ4v) is 2.91. The number of hydrogen-bond acceptors (Lipinski definition) is 5. The molecule has 150 valence electrons. The summed E-state index contributed by atoms with van der Waals surface area (Å²) >= 11 is 12.1. The molecule has 0 saturated carbocycles. The van der Waals surface area contributed by atoms with E-state index in [-0.39, 0.29) is 21.4 Å². The van der Waals surface area contributed by atoms with Crippen molar-refractivity contribution in [3.05, 3.63) is 62.1 Å². The molecule has 9 heteroatoms. The molecule has 0 unspecified atom stereocenters. The second-order valence-corrected chi connectivity index (χ2v) is 8.21. The van der Waals surface area contributed by atoms with E-state index in [4.69, 9.17) is 23.2 Å². The Bertz CT molecular complexity index is 825. The lowest BCUT2D eigenvalue weighted by atomic mass is 10.1. The number of azo groups is 1. The van der Waals surface area contributed by atoms with Gasteiger partial charge >= 0.3 is 0 Å². The number of benzene rings is 2. The topological polar surface area (TPSA) is 79.9 Å². The van der Waals surface area contributed by atoms with Crippen LogP contribution in [0.2, 0.25) is 10.0 Å². The molecule has 0 amide bonds. The predicted octanol–water partition coefficient (Wildman–Crippen LogP) is 5.16. The number of quaternary nitrogens is 1. The monoisotopic (exact) mass is 424 g/mol. The van der Waals surface area contributed by atoms with Crippen LogP contribution in [0.15, 0.2) is 46.6 Å². The van der Waals surface area contributed by atoms with E-state index in [9.17, 15) is 10.1 Å². The van der Waals surface area contributed by atoms with Gasteiger partial charge in [-0.05, 0) is 30.7 Å². The zero-order valence-electron chi connectivity index (χ0n) is 16.2. The van der Waals surface area contributed by atoms with Crippen LogP contribution < -0.4 is 5.32 Å². The van der Waals surface area contributed by atoms with Gasteiger partial charge in [0.2, 0.25) is 0 Å². The fourth-order valence-electron chi connectivity index (χ4n) is 2.36. The molecule has 0 aliphatic rings. The van der Waals surface area contributed by atoms with Gasteiger partial charge < -0.3 is 9.80 Å². The van der Waals surface area contributed by atoms with E-state index >= 15 is 0 Å². The summed E-state index contributed by atoms with van der Waals surface area (Å²) < 4.78 is 0.940. The van der Waals surface area contributed by atoms with E-state index < -0.39 is 4.92 Å². The van der Waals surface area contributed by atoms with Crippen LogP contribution in [-0.4, -0.2) is 50.2 Å². The van der Waals surface area contributed by atoms with Gasteiger partial charge in [0, 0.05) is 18.7 Å². The van der Waals surface area contributed by atoms with Gasteiger partial charge in [0.15, 0.2) is 0 Å². The zero-order valence-corrected chi connectivity index (χ0v) is 17.7. The van der Waals surface area contributed by atoms with Gasteiger partial charge in [-0.2, -0.15) is 5.11 Å². The number of halogens is 2. The summed E-state index contributed by atoms with van der Waals surface area (Å²) in [6.45, 7) is 2.97. The third-order valence-electron chi connectivity index (χ3n) is 3.96. The lowest BCUT2D eigenvalue weighted by Gasteiger charge is -2.23. The second-order valence-electron chi connectivity index (χ2n) is 7.40. The molecular formula is C19H24Cl2N5O2+. The molecule has 0 bridgehead atoms. The maximum Gasteiger partial charge on any atom is 0.272 e. The molecular weight excluding hydrogens is 401 g/mol. The molecule has 0 spiro atoms. The molecule has 28 heavy (non-hydrogen) atoms. The SMILES string of the molecule is C[N+](C)(C)CCNCCc1ccc(N=Nc2c(Cl)cc([N+](=O)[O-])cc2Cl)cc1. The number of nitro benzene ring substituents is 1. The van der Waals surface area contributed by atoms with Crippen molar-refractivity contribution in [2.75, 3.05) is 40.8 Å². The van der Waals surface area contributed by atoms with Crippen molar-refractivity contribution in [1.82, 2.24) is 5.32 Å². The molecule has 0 heterocycles. The molecule has 2 aromatic carbocycles. The summed E-state index contributed by atoms with van der Waals surface area (Å²) in [6.07, 6.45) is 0.925. The summed E-state index contributed by atoms with van der Waals surface area (Å²) in [5.74, 6) is 0. The molecule has 2 aromatic rings. The Labute approximate surface area is 174 Å². The zero-order chi connectivity index (χ0) is 20.7. The van der Waals surface area contributed by atoms with Crippen molar-refractivity contribution < 1.29 is 9.41 Å². The van der Waals surface area contributed by atoms with E-state index in [0.29, 0.717) is 5.69 Å². The first-order chi connectivity index (χ1) is 13.2. The standard InChI is InChI=1S/C19H24Cl2N5O2/c1-26(2,3)11-10-22-9-8-14-4-6-15(7-5-14)23-24-19-17(20)12-16(25(27)28)13-18(19)21/h4-7,12-13,22H,8-11H2,1-3H3/q+1. The number of rotatable bonds is 9. The number of nitro groups is 1. The maximum absolute atomic E-state index is 10.8. The number of nitrogens with one attached hydrogen (secondary N) is 1. The number of nitrogens with zero attached hydrogens (tertiary/aromatic N) is 4. The van der Waals surface area contributed by atoms with Crippen LogP contribution in [0.25, 0.3) is 0 Å². The highest BCUT2D eigenvalue weighted by Gasteiger charge is 2.14. The van der Waals surface area contributed by atoms with Gasteiger partial charge in [-0.1, -0.05) is 35.3 Å². The van der Waals surface area contributed by atoms with Gasteiger partial charge in [-0.15, -0.1) is 5.11 Å². The summed E-state index contributed by atoms with van der Waals surface area (Å²) in [6, 6.07) is 10.1. The predicted molar refractivity (Wildman–Crippen MR) is 113 cm³/mol. The van der Waals surface area contributed by atoms with Crippen LogP contribution in [0, 0.1) is 10.1 Å². The summed E-state index contributed by atoms with van der Waals surface area (Å²) in [4.78, 5) is 10.3. The van der Waals surface area contributed by atoms with Crippen LogP contribution in [0.3, 0.4) is 0 Å². The third kappa shape index (κ3) is 7.16. The van der Waals surface area contributed by atoms with Crippen molar-refractivity contribution >= 4 is 40.3 Å². The van der Waals surface area contributed by atoms with Crippen LogP contribution >= 0.6 is 23.2 Å². The lowest BCUT2D eigenvalue weighted by molar-refractivity contribution is -0.869. The average molecular weight is 425 g/mol. The largest absolute Gasteiger partial charge is 0.330 e. The summed E-state index contributed by atoms with van der Waals surface area (Å²) in [5, 5.41) is 22.6. The minimum Gasteiger partial charge on any atom is -0.330 e. The van der Waals surface area contributed by atoms with Gasteiger partial charge in [-0.25, -0.2) is 0 Å². The van der Waals surface area contributed by atoms with Crippen LogP contribution in [-0.2, 0) is 6.42 Å². The fraction of sp³-hybridized carbons (Fsp3) is 0.368. The highest BCUT2D eigenvalue weighted by molar-refractivity contribution is 6.39. The number of non-ortho nitro benzene ring substituents is 1. The molecule has 1 N–H and O–H groups in total. The second kappa shape index (κ2) is 9.93. The summed E-state index contributed by atoms with van der Waals surface area (Å²) in [7, 11) is 6.52. The Hall–Kier alpha value is -2.06. The Morgan fingerprint density at radius 1 is 1.04 bits per heavy atom. The quantitative estimate of drug-likeness (QED) is 0.198. The van der Waals surface area contributed by atoms with E-state index in [0.717, 1.165) is 30.5 Å². The first kappa shape index (κ1) is 22.2. The van der Waals surface area contributed by atoms with E-state index in [2.05, 4.69) is 36.7 Å². The number of likely N-dealkylation sites (N-methyl/N-ethyl adjacent to an activating group) is 1. The third-order valence-corrected chi connectivity index (χ3v) is 4.54. The Morgan fingerprint density at radius 3 is 2.18 bits per heavy atom. The minimum absolute atomic E-state index is 0.0829. The molecule has 2 rings (SSSR count). The molecule has 0 aliphatic carbocycles. The van der Waals surface area contributed by atoms with Crippen molar-refractivity contribution in [3.63, 3.8) is 0 Å². The Kier molecular flexibility index (Phi) is 7.88. The molecule has 0 atom stereocenters. The smallest absolute Gasteiger partial charge is 0.272 e. The molecule has 0 aromatic heterocycles. The number of hydrogen-bond donors (Lipinski definition) is 1. The highest BCUT2D eigenvalue weighted by atomic mass is 35.5. The van der Waals surface area contributed by atoms with Crippen molar-refractivity contribution in [2.24, 2.45) is 10.2 Å². The highest BCUT2D eigenvalue weighted by Crippen LogP contribution is 2.37. The van der Waals surface area contributed by atoms with Crippen LogP contribution in [0.5, 0.6) is 0 Å². The van der Waals surface area contributed by atoms with E-state index in [1.165, 1.54) is 17.7 Å². The first-order valence-corrected chi connectivity index (χ1v) is 9.56. The Morgan fingerprint density at radius 2 is 1.64 bits per heavy atom. The van der Waals surface area contributed by atoms with Crippen LogP contribution in [0.1, 0.15) is 5.56 Å². The van der Waals surface area contributed by atoms with Crippen LogP contribution in [0.4, 0.5) is 17.1 Å². The molecule has 0 fully saturated rings. The average Bonchev–Trinajstić information content (AvgIpc) is 2.60. The molecule has 0 radical (unpaired) electrons. The van der Waals surface area contributed by atoms with Gasteiger partial charge in [0.05, 0.1) is 48.3 Å². The van der Waals surface area contributed by atoms with Crippen molar-refractivity contribution in [1.29, 1.82) is 0 Å². The summed E-state index contributed by atoms with van der Waals surface area (Å²) in [5.41, 5.74) is 1.86. The lowest BCUT2D eigenvalue weighted by Crippen LogP contribution is -2.40. The van der Waals surface area contributed by atoms with Crippen molar-refractivity contribution in [2.45, 2.75) is 6.42 Å². The van der Waals surface area contributed by atoms with Gasteiger partial charge in [0.1, 0.15) is 5.69 Å². The molecule has 7 nitrogen and oxygen atoms in total. The van der Waals surface area contributed by atoms with Gasteiger partial charge in [0.25, 0.3) is 5.69 Å².